The highest BCUT2D eigenvalue weighted by molar-refractivity contribution is 5.90. The van der Waals surface area contributed by atoms with Gasteiger partial charge >= 0.3 is 0 Å². The van der Waals surface area contributed by atoms with Crippen LogP contribution in [0.4, 0.5) is 0 Å². The average molecular weight is 245 g/mol. The third kappa shape index (κ3) is 2.46. The Labute approximate surface area is 107 Å². The van der Waals surface area contributed by atoms with Crippen LogP contribution < -0.4 is 4.74 Å². The molecule has 0 fully saturated rings. The van der Waals surface area contributed by atoms with Gasteiger partial charge in [0.2, 0.25) is 5.88 Å². The van der Waals surface area contributed by atoms with Crippen molar-refractivity contribution in [3.63, 3.8) is 0 Å². The summed E-state index contributed by atoms with van der Waals surface area (Å²) in [4.78, 5) is 4.38. The highest BCUT2D eigenvalue weighted by Crippen LogP contribution is 2.33. The second-order valence-corrected chi connectivity index (χ2v) is 5.34. The summed E-state index contributed by atoms with van der Waals surface area (Å²) in [5.74, 6) is 0.590. The van der Waals surface area contributed by atoms with Crippen molar-refractivity contribution in [3.8, 4) is 5.88 Å². The Morgan fingerprint density at radius 1 is 1.17 bits per heavy atom. The molecule has 18 heavy (non-hydrogen) atoms. The molecule has 96 valence electrons. The van der Waals surface area contributed by atoms with E-state index in [-0.39, 0.29) is 18.6 Å². The van der Waals surface area contributed by atoms with E-state index >= 15 is 0 Å². The standard InChI is InChI=1S/C15H19NO2/c1-15(2,3)13-10-16-14(18-9-8-17)12-7-5-4-6-11(12)13/h4-7,10,17H,8-9H2,1-3H3. The van der Waals surface area contributed by atoms with Gasteiger partial charge in [0, 0.05) is 11.6 Å². The number of pyridine rings is 1. The predicted molar refractivity (Wildman–Crippen MR) is 73.0 cm³/mol. The minimum atomic E-state index is -0.00295. The van der Waals surface area contributed by atoms with Crippen LogP contribution in [0.15, 0.2) is 30.5 Å². The molecule has 0 spiro atoms. The van der Waals surface area contributed by atoms with E-state index in [4.69, 9.17) is 9.84 Å². The fraction of sp³-hybridized carbons (Fsp3) is 0.400. The van der Waals surface area contributed by atoms with Crippen molar-refractivity contribution in [2.75, 3.05) is 13.2 Å². The number of ether oxygens (including phenoxy) is 1. The zero-order chi connectivity index (χ0) is 13.2. The van der Waals surface area contributed by atoms with E-state index in [2.05, 4.69) is 31.8 Å². The van der Waals surface area contributed by atoms with Crippen molar-refractivity contribution in [3.05, 3.63) is 36.0 Å². The van der Waals surface area contributed by atoms with Gasteiger partial charge in [0.25, 0.3) is 0 Å². The Bertz CT molecular complexity index is 544. The Kier molecular flexibility index (Phi) is 3.53. The summed E-state index contributed by atoms with van der Waals surface area (Å²) < 4.78 is 5.47. The highest BCUT2D eigenvalue weighted by atomic mass is 16.5. The molecule has 0 atom stereocenters. The fourth-order valence-corrected chi connectivity index (χ4v) is 2.02. The van der Waals surface area contributed by atoms with Crippen molar-refractivity contribution in [2.24, 2.45) is 0 Å². The van der Waals surface area contributed by atoms with Crippen molar-refractivity contribution >= 4 is 10.8 Å². The van der Waals surface area contributed by atoms with Gasteiger partial charge in [-0.1, -0.05) is 39.0 Å². The number of aliphatic hydroxyl groups is 1. The summed E-state index contributed by atoms with van der Waals surface area (Å²) in [5.41, 5.74) is 1.25. The fourth-order valence-electron chi connectivity index (χ4n) is 2.02. The van der Waals surface area contributed by atoms with E-state index in [0.717, 1.165) is 10.8 Å². The second-order valence-electron chi connectivity index (χ2n) is 5.34. The van der Waals surface area contributed by atoms with Crippen LogP contribution >= 0.6 is 0 Å². The van der Waals surface area contributed by atoms with Crippen LogP contribution in [0.3, 0.4) is 0 Å². The molecule has 0 bridgehead atoms. The summed E-state index contributed by atoms with van der Waals surface area (Å²) in [7, 11) is 0. The molecule has 0 unspecified atom stereocenters. The summed E-state index contributed by atoms with van der Waals surface area (Å²) in [5, 5.41) is 11.0. The minimum absolute atomic E-state index is 0.00295. The molecule has 0 amide bonds. The molecule has 0 saturated carbocycles. The maximum Gasteiger partial charge on any atom is 0.221 e. The van der Waals surface area contributed by atoms with Crippen molar-refractivity contribution in [1.82, 2.24) is 4.98 Å². The van der Waals surface area contributed by atoms with Crippen molar-refractivity contribution < 1.29 is 9.84 Å². The van der Waals surface area contributed by atoms with Crippen LogP contribution in [-0.2, 0) is 5.41 Å². The first kappa shape index (κ1) is 12.8. The van der Waals surface area contributed by atoms with Gasteiger partial charge in [-0.05, 0) is 22.4 Å². The summed E-state index contributed by atoms with van der Waals surface area (Å²) in [6.45, 7) is 6.78. The zero-order valence-corrected chi connectivity index (χ0v) is 11.1. The smallest absolute Gasteiger partial charge is 0.221 e. The van der Waals surface area contributed by atoms with Gasteiger partial charge in [-0.2, -0.15) is 0 Å². The van der Waals surface area contributed by atoms with E-state index in [9.17, 15) is 0 Å². The Balaban J connectivity index is 2.59. The molecule has 3 heteroatoms. The minimum Gasteiger partial charge on any atom is -0.475 e. The number of rotatable bonds is 3. The normalized spacial score (nSPS) is 11.8. The lowest BCUT2D eigenvalue weighted by Gasteiger charge is -2.21. The maximum atomic E-state index is 8.83. The van der Waals surface area contributed by atoms with Crippen molar-refractivity contribution in [2.45, 2.75) is 26.2 Å². The summed E-state index contributed by atoms with van der Waals surface area (Å²) in [6, 6.07) is 8.09. The lowest BCUT2D eigenvalue weighted by molar-refractivity contribution is 0.198. The van der Waals surface area contributed by atoms with Gasteiger partial charge in [0.05, 0.1) is 6.61 Å². The molecule has 0 aliphatic heterocycles. The monoisotopic (exact) mass is 245 g/mol. The first-order valence-electron chi connectivity index (χ1n) is 6.16. The summed E-state index contributed by atoms with van der Waals surface area (Å²) >= 11 is 0. The first-order valence-corrected chi connectivity index (χ1v) is 6.16. The third-order valence-electron chi connectivity index (χ3n) is 2.90. The number of fused-ring (bicyclic) bond motifs is 1. The van der Waals surface area contributed by atoms with Gasteiger partial charge in [-0.15, -0.1) is 0 Å². The molecular weight excluding hydrogens is 226 g/mol. The van der Waals surface area contributed by atoms with Crippen LogP contribution in [0.2, 0.25) is 0 Å². The number of nitrogens with zero attached hydrogens (tertiary/aromatic N) is 1. The molecule has 0 aliphatic carbocycles. The van der Waals surface area contributed by atoms with Crippen molar-refractivity contribution in [1.29, 1.82) is 0 Å². The Morgan fingerprint density at radius 3 is 2.44 bits per heavy atom. The number of aliphatic hydroxyl groups excluding tert-OH is 1. The van der Waals surface area contributed by atoms with Crippen LogP contribution in [0.5, 0.6) is 5.88 Å². The average Bonchev–Trinajstić information content (AvgIpc) is 2.34. The largest absolute Gasteiger partial charge is 0.475 e. The van der Waals surface area contributed by atoms with E-state index < -0.39 is 0 Å². The SMILES string of the molecule is CC(C)(C)c1cnc(OCCO)c2ccccc12. The molecule has 1 aromatic carbocycles. The second kappa shape index (κ2) is 4.94. The number of benzene rings is 1. The van der Waals surface area contributed by atoms with Crippen LogP contribution in [-0.4, -0.2) is 23.3 Å². The number of aromatic nitrogens is 1. The molecule has 0 radical (unpaired) electrons. The van der Waals surface area contributed by atoms with Crippen LogP contribution in [0.25, 0.3) is 10.8 Å². The molecule has 2 aromatic rings. The Hall–Kier alpha value is -1.61. The van der Waals surface area contributed by atoms with Gasteiger partial charge in [0.15, 0.2) is 0 Å². The number of hydrogen-bond donors (Lipinski definition) is 1. The maximum absolute atomic E-state index is 8.83. The van der Waals surface area contributed by atoms with Gasteiger partial charge in [-0.3, -0.25) is 0 Å². The van der Waals surface area contributed by atoms with Crippen LogP contribution in [0.1, 0.15) is 26.3 Å². The van der Waals surface area contributed by atoms with Gasteiger partial charge in [0.1, 0.15) is 6.61 Å². The molecule has 1 aromatic heterocycles. The highest BCUT2D eigenvalue weighted by Gasteiger charge is 2.18. The predicted octanol–water partition coefficient (Wildman–Crippen LogP) is 2.90. The zero-order valence-electron chi connectivity index (χ0n) is 11.1. The van der Waals surface area contributed by atoms with E-state index in [0.29, 0.717) is 5.88 Å². The van der Waals surface area contributed by atoms with Crippen LogP contribution in [0, 0.1) is 0 Å². The third-order valence-corrected chi connectivity index (χ3v) is 2.90. The molecule has 2 rings (SSSR count). The van der Waals surface area contributed by atoms with E-state index in [1.54, 1.807) is 0 Å². The lowest BCUT2D eigenvalue weighted by Crippen LogP contribution is -2.13. The van der Waals surface area contributed by atoms with E-state index in [1.165, 1.54) is 5.56 Å². The first-order chi connectivity index (χ1) is 8.54. The lowest BCUT2D eigenvalue weighted by atomic mass is 9.85. The molecule has 1 heterocycles. The molecular formula is C15H19NO2. The van der Waals surface area contributed by atoms with Gasteiger partial charge in [-0.25, -0.2) is 4.98 Å². The molecule has 0 aliphatic rings. The Morgan fingerprint density at radius 2 is 1.83 bits per heavy atom. The summed E-state index contributed by atoms with van der Waals surface area (Å²) in [6.07, 6.45) is 1.87. The topological polar surface area (TPSA) is 42.4 Å². The molecule has 3 nitrogen and oxygen atoms in total. The van der Waals surface area contributed by atoms with Gasteiger partial charge < -0.3 is 9.84 Å². The quantitative estimate of drug-likeness (QED) is 0.904. The molecule has 0 saturated heterocycles. The van der Waals surface area contributed by atoms with E-state index in [1.807, 2.05) is 24.4 Å². The number of hydrogen-bond acceptors (Lipinski definition) is 3. The molecule has 1 N–H and O–H groups in total.